The third-order valence-electron chi connectivity index (χ3n) is 6.83. The quantitative estimate of drug-likeness (QED) is 0.330. The van der Waals surface area contributed by atoms with Gasteiger partial charge in [-0.2, -0.15) is 11.8 Å². The van der Waals surface area contributed by atoms with Crippen LogP contribution in [0.3, 0.4) is 0 Å². The molecule has 1 unspecified atom stereocenters. The summed E-state index contributed by atoms with van der Waals surface area (Å²) in [5.74, 6) is 5.62. The van der Waals surface area contributed by atoms with Crippen LogP contribution >= 0.6 is 11.8 Å². The first kappa shape index (κ1) is 35.7. The molecule has 0 saturated heterocycles. The molecule has 0 radical (unpaired) electrons. The summed E-state index contributed by atoms with van der Waals surface area (Å²) in [6.07, 6.45) is 1.96. The smallest absolute Gasteiger partial charge is 0.0596 e. The lowest BCUT2D eigenvalue weighted by atomic mass is 9.74. The van der Waals surface area contributed by atoms with Crippen LogP contribution in [0.25, 0.3) is 0 Å². The Labute approximate surface area is 220 Å². The highest BCUT2D eigenvalue weighted by atomic mass is 32.2. The van der Waals surface area contributed by atoms with Crippen LogP contribution in [-0.4, -0.2) is 22.2 Å². The van der Waals surface area contributed by atoms with Crippen molar-refractivity contribution in [2.75, 3.05) is 5.75 Å². The summed E-state index contributed by atoms with van der Waals surface area (Å²) < 4.78 is 0. The number of hydrogen-bond acceptors (Lipinski definition) is 2. The molecule has 0 aromatic heterocycles. The fraction of sp³-hybridized carbons (Fsp3) is 0.812. The molecule has 1 N–H and O–H groups in total. The summed E-state index contributed by atoms with van der Waals surface area (Å²) in [5, 5.41) is 10.7. The molecule has 202 valence electrons. The van der Waals surface area contributed by atoms with Gasteiger partial charge < -0.3 is 5.11 Å². The molecule has 0 heterocycles. The normalized spacial score (nSPS) is 13.0. The first-order valence-corrected chi connectivity index (χ1v) is 14.9. The number of hydrogen-bond donors (Lipinski definition) is 1. The van der Waals surface area contributed by atoms with Crippen LogP contribution in [0.15, 0.2) is 30.3 Å². The van der Waals surface area contributed by atoms with Gasteiger partial charge in [-0.3, -0.25) is 0 Å². The number of rotatable bonds is 11. The zero-order valence-corrected chi connectivity index (χ0v) is 26.3. The monoisotopic (exact) mass is 494 g/mol. The van der Waals surface area contributed by atoms with Crippen molar-refractivity contribution in [1.82, 2.24) is 0 Å². The molecule has 0 bridgehead atoms. The summed E-state index contributed by atoms with van der Waals surface area (Å²) in [7, 11) is 0. The zero-order valence-electron chi connectivity index (χ0n) is 25.5. The van der Waals surface area contributed by atoms with Crippen LogP contribution in [0.1, 0.15) is 109 Å². The average Bonchev–Trinajstić information content (AvgIpc) is 2.71. The molecule has 1 rings (SSSR count). The second kappa shape index (κ2) is 18.8. The van der Waals surface area contributed by atoms with Crippen LogP contribution in [-0.2, 0) is 6.42 Å². The van der Waals surface area contributed by atoms with E-state index in [9.17, 15) is 5.11 Å². The van der Waals surface area contributed by atoms with Crippen LogP contribution < -0.4 is 0 Å². The molecule has 0 aliphatic carbocycles. The van der Waals surface area contributed by atoms with Gasteiger partial charge in [-0.1, -0.05) is 127 Å². The van der Waals surface area contributed by atoms with Crippen molar-refractivity contribution in [2.45, 2.75) is 121 Å². The molecule has 1 nitrogen and oxygen atoms in total. The topological polar surface area (TPSA) is 20.2 Å². The molecule has 1 aromatic rings. The maximum absolute atomic E-state index is 9.92. The fourth-order valence-corrected chi connectivity index (χ4v) is 4.42. The molecule has 0 aliphatic rings. The van der Waals surface area contributed by atoms with Gasteiger partial charge >= 0.3 is 0 Å². The summed E-state index contributed by atoms with van der Waals surface area (Å²) >= 11 is 2.04. The lowest BCUT2D eigenvalue weighted by Gasteiger charge is -2.35. The Balaban J connectivity index is 0. The predicted octanol–water partition coefficient (Wildman–Crippen LogP) is 10.0. The average molecular weight is 495 g/mol. The minimum atomic E-state index is -0.169. The van der Waals surface area contributed by atoms with E-state index in [1.54, 1.807) is 0 Å². The molecule has 0 saturated carbocycles. The van der Waals surface area contributed by atoms with E-state index in [1.165, 1.54) is 17.7 Å². The predicted molar refractivity (Wildman–Crippen MR) is 160 cm³/mol. The molecule has 1 atom stereocenters. The Hall–Kier alpha value is -0.470. The number of aliphatic hydroxyl groups excluding tert-OH is 1. The maximum atomic E-state index is 9.92. The maximum Gasteiger partial charge on any atom is 0.0596 e. The Kier molecular flexibility index (Phi) is 19.7. The van der Waals surface area contributed by atoms with E-state index < -0.39 is 0 Å². The van der Waals surface area contributed by atoms with Crippen molar-refractivity contribution in [2.24, 2.45) is 40.9 Å². The van der Waals surface area contributed by atoms with E-state index in [0.29, 0.717) is 11.8 Å². The highest BCUT2D eigenvalue weighted by Gasteiger charge is 2.31. The van der Waals surface area contributed by atoms with Gasteiger partial charge in [-0.15, -0.1) is 0 Å². The van der Waals surface area contributed by atoms with Crippen molar-refractivity contribution >= 4 is 11.8 Å². The third kappa shape index (κ3) is 17.9. The molecular weight excluding hydrogens is 432 g/mol. The van der Waals surface area contributed by atoms with Gasteiger partial charge in [-0.25, -0.2) is 0 Å². The third-order valence-corrected chi connectivity index (χ3v) is 8.36. The lowest BCUT2D eigenvalue weighted by molar-refractivity contribution is 0.00322. The number of aliphatic hydroxyl groups is 1. The minimum Gasteiger partial charge on any atom is -0.393 e. The van der Waals surface area contributed by atoms with Crippen LogP contribution in [0.5, 0.6) is 0 Å². The highest BCUT2D eigenvalue weighted by molar-refractivity contribution is 7.99. The van der Waals surface area contributed by atoms with E-state index in [4.69, 9.17) is 0 Å². The number of benzene rings is 1. The van der Waals surface area contributed by atoms with Crippen molar-refractivity contribution in [1.29, 1.82) is 0 Å². The zero-order chi connectivity index (χ0) is 27.1. The van der Waals surface area contributed by atoms with E-state index >= 15 is 0 Å². The van der Waals surface area contributed by atoms with Crippen molar-refractivity contribution < 1.29 is 5.11 Å². The van der Waals surface area contributed by atoms with Gasteiger partial charge in [0.15, 0.2) is 0 Å². The minimum absolute atomic E-state index is 0.0459. The van der Waals surface area contributed by atoms with Crippen molar-refractivity contribution in [3.63, 3.8) is 0 Å². The molecule has 2 heteroatoms. The van der Waals surface area contributed by atoms with Gasteiger partial charge in [0.05, 0.1) is 6.10 Å². The summed E-state index contributed by atoms with van der Waals surface area (Å²) in [4.78, 5) is 0. The SMILES string of the molecule is CC(C)C(Cc1ccccc1)C(C)C.CC(C)CC(O)C(C)(C)C(C)C.CC(C)CSC(C)C. The van der Waals surface area contributed by atoms with Crippen molar-refractivity contribution in [3.05, 3.63) is 35.9 Å². The van der Waals surface area contributed by atoms with Crippen molar-refractivity contribution in [3.8, 4) is 0 Å². The van der Waals surface area contributed by atoms with Gasteiger partial charge in [0, 0.05) is 0 Å². The van der Waals surface area contributed by atoms with E-state index in [1.807, 2.05) is 11.8 Å². The second-order valence-corrected chi connectivity index (χ2v) is 14.3. The van der Waals surface area contributed by atoms with Crippen LogP contribution in [0.4, 0.5) is 0 Å². The van der Waals surface area contributed by atoms with Gasteiger partial charge in [0.2, 0.25) is 0 Å². The summed E-state index contributed by atoms with van der Waals surface area (Å²) in [6, 6.07) is 10.8. The molecule has 34 heavy (non-hydrogen) atoms. The number of thioether (sulfide) groups is 1. The molecule has 0 amide bonds. The second-order valence-electron chi connectivity index (χ2n) is 12.7. The largest absolute Gasteiger partial charge is 0.393 e. The summed E-state index contributed by atoms with van der Waals surface area (Å²) in [6.45, 7) is 31.2. The van der Waals surface area contributed by atoms with Gasteiger partial charge in [0.1, 0.15) is 0 Å². The molecule has 1 aromatic carbocycles. The van der Waals surface area contributed by atoms with Crippen LogP contribution in [0.2, 0.25) is 0 Å². The highest BCUT2D eigenvalue weighted by Crippen LogP contribution is 2.33. The molecule has 0 aliphatic heterocycles. The fourth-order valence-electron chi connectivity index (χ4n) is 3.65. The lowest BCUT2D eigenvalue weighted by Crippen LogP contribution is -2.35. The first-order valence-electron chi connectivity index (χ1n) is 13.9. The van der Waals surface area contributed by atoms with Crippen LogP contribution in [0, 0.1) is 40.9 Å². The Morgan fingerprint density at radius 1 is 0.735 bits per heavy atom. The molecule has 0 spiro atoms. The van der Waals surface area contributed by atoms with E-state index in [0.717, 1.165) is 35.3 Å². The summed E-state index contributed by atoms with van der Waals surface area (Å²) in [5.41, 5.74) is 1.52. The molecule has 0 fully saturated rings. The Bertz CT molecular complexity index is 556. The first-order chi connectivity index (χ1) is 15.5. The van der Waals surface area contributed by atoms with Gasteiger partial charge in [0.25, 0.3) is 0 Å². The Morgan fingerprint density at radius 3 is 1.50 bits per heavy atom. The standard InChI is InChI=1S/C14H22.C11H24O.C7H16S/c1-11(2)14(12(3)4)10-13-8-6-5-7-9-13;1-8(2)7-10(12)11(5,6)9(3)4;1-6(2)5-8-7(3)4/h5-9,11-12,14H,10H2,1-4H3;8-10,12H,7H2,1-6H3;6-7H,5H2,1-4H3. The van der Waals surface area contributed by atoms with E-state index in [-0.39, 0.29) is 11.5 Å². The van der Waals surface area contributed by atoms with E-state index in [2.05, 4.69) is 127 Å². The van der Waals surface area contributed by atoms with Gasteiger partial charge in [-0.05, 0) is 70.3 Å². The molecular formula is C32H62OS. The Morgan fingerprint density at radius 2 is 1.21 bits per heavy atom.